The zero-order valence-electron chi connectivity index (χ0n) is 16.1. The van der Waals surface area contributed by atoms with Crippen LogP contribution in [0, 0.1) is 13.8 Å². The lowest BCUT2D eigenvalue weighted by atomic mass is 10.2. The topological polar surface area (TPSA) is 52.6 Å². The fraction of sp³-hybridized carbons (Fsp3) is 0.778. The third-order valence-electron chi connectivity index (χ3n) is 4.72. The Morgan fingerprint density at radius 1 is 1.28 bits per heavy atom. The number of thiazole rings is 1. The molecule has 2 N–H and O–H groups in total. The van der Waals surface area contributed by atoms with Gasteiger partial charge in [0.05, 0.1) is 17.2 Å². The molecule has 1 aliphatic rings. The van der Waals surface area contributed by atoms with Crippen molar-refractivity contribution in [3.05, 3.63) is 15.6 Å². The second kappa shape index (κ2) is 12.1. The van der Waals surface area contributed by atoms with E-state index in [0.29, 0.717) is 0 Å². The summed E-state index contributed by atoms with van der Waals surface area (Å²) in [6, 6.07) is 0.770. The van der Waals surface area contributed by atoms with Gasteiger partial charge in [0.2, 0.25) is 0 Å². The maximum atomic E-state index is 4.71. The third-order valence-corrected chi connectivity index (χ3v) is 5.85. The van der Waals surface area contributed by atoms with Crippen LogP contribution in [0.4, 0.5) is 0 Å². The van der Waals surface area contributed by atoms with Crippen LogP contribution in [0.2, 0.25) is 0 Å². The SMILES string of the molecule is CCNC(=NCCN(C)C1CCCC1)NCCc1nc(C)c(C)s1.I. The molecule has 0 unspecified atom stereocenters. The Balaban J connectivity index is 0.00000312. The minimum absolute atomic E-state index is 0. The Kier molecular flexibility index (Phi) is 10.9. The minimum atomic E-state index is 0. The predicted molar refractivity (Wildman–Crippen MR) is 120 cm³/mol. The van der Waals surface area contributed by atoms with Crippen LogP contribution in [0.1, 0.15) is 48.2 Å². The lowest BCUT2D eigenvalue weighted by Crippen LogP contribution is -2.39. The molecule has 0 aliphatic heterocycles. The van der Waals surface area contributed by atoms with Gasteiger partial charge in [-0.15, -0.1) is 35.3 Å². The third kappa shape index (κ3) is 7.78. The fourth-order valence-corrected chi connectivity index (χ4v) is 4.06. The first-order valence-electron chi connectivity index (χ1n) is 9.25. The molecule has 0 radical (unpaired) electrons. The highest BCUT2D eigenvalue weighted by molar-refractivity contribution is 14.0. The van der Waals surface area contributed by atoms with Crippen molar-refractivity contribution in [2.75, 3.05) is 33.2 Å². The molecule has 0 bridgehead atoms. The number of rotatable bonds is 8. The van der Waals surface area contributed by atoms with E-state index in [2.05, 4.69) is 48.3 Å². The summed E-state index contributed by atoms with van der Waals surface area (Å²) in [4.78, 5) is 13.1. The van der Waals surface area contributed by atoms with Gasteiger partial charge in [0, 0.05) is 37.0 Å². The van der Waals surface area contributed by atoms with Crippen molar-refractivity contribution in [1.82, 2.24) is 20.5 Å². The van der Waals surface area contributed by atoms with E-state index in [1.807, 2.05) is 0 Å². The molecule has 1 saturated carbocycles. The van der Waals surface area contributed by atoms with E-state index in [4.69, 9.17) is 4.99 Å². The highest BCUT2D eigenvalue weighted by atomic mass is 127. The average Bonchev–Trinajstić information content (AvgIpc) is 3.18. The molecular formula is C18H34IN5S. The predicted octanol–water partition coefficient (Wildman–Crippen LogP) is 3.35. The summed E-state index contributed by atoms with van der Waals surface area (Å²) < 4.78 is 0. The molecule has 0 atom stereocenters. The Hall–Kier alpha value is -0.410. The quantitative estimate of drug-likeness (QED) is 0.341. The van der Waals surface area contributed by atoms with Crippen LogP contribution in [-0.2, 0) is 6.42 Å². The van der Waals surface area contributed by atoms with Crippen LogP contribution in [0.5, 0.6) is 0 Å². The molecule has 0 spiro atoms. The smallest absolute Gasteiger partial charge is 0.191 e. The molecule has 0 amide bonds. The zero-order chi connectivity index (χ0) is 17.4. The highest BCUT2D eigenvalue weighted by Gasteiger charge is 2.18. The van der Waals surface area contributed by atoms with Gasteiger partial charge < -0.3 is 15.5 Å². The Bertz CT molecular complexity index is 506. The second-order valence-corrected chi connectivity index (χ2v) is 7.89. The lowest BCUT2D eigenvalue weighted by Gasteiger charge is -2.23. The molecule has 7 heteroatoms. The van der Waals surface area contributed by atoms with Gasteiger partial charge in [0.15, 0.2) is 5.96 Å². The van der Waals surface area contributed by atoms with E-state index in [0.717, 1.165) is 50.3 Å². The first kappa shape index (κ1) is 22.6. The second-order valence-electron chi connectivity index (χ2n) is 6.61. The summed E-state index contributed by atoms with van der Waals surface area (Å²) in [7, 11) is 2.24. The van der Waals surface area contributed by atoms with Crippen LogP contribution in [0.15, 0.2) is 4.99 Å². The van der Waals surface area contributed by atoms with Gasteiger partial charge in [-0.05, 0) is 40.7 Å². The standard InChI is InChI=1S/C18H33N5S.HI/c1-5-19-18(20-11-10-17-22-14(2)15(3)24-17)21-12-13-23(4)16-8-6-7-9-16;/h16H,5-13H2,1-4H3,(H2,19,20,21);1H. The van der Waals surface area contributed by atoms with E-state index >= 15 is 0 Å². The molecule has 144 valence electrons. The minimum Gasteiger partial charge on any atom is -0.357 e. The van der Waals surface area contributed by atoms with Crippen LogP contribution in [0.25, 0.3) is 0 Å². The summed E-state index contributed by atoms with van der Waals surface area (Å²) in [6.07, 6.45) is 6.43. The molecule has 1 aliphatic carbocycles. The summed E-state index contributed by atoms with van der Waals surface area (Å²) in [5.74, 6) is 0.919. The van der Waals surface area contributed by atoms with Gasteiger partial charge in [-0.25, -0.2) is 4.98 Å². The number of guanidine groups is 1. The summed E-state index contributed by atoms with van der Waals surface area (Å²) in [5.41, 5.74) is 1.16. The monoisotopic (exact) mass is 479 g/mol. The number of nitrogens with zero attached hydrogens (tertiary/aromatic N) is 3. The molecule has 5 nitrogen and oxygen atoms in total. The van der Waals surface area contributed by atoms with Crippen molar-refractivity contribution < 1.29 is 0 Å². The molecule has 1 heterocycles. The van der Waals surface area contributed by atoms with Gasteiger partial charge >= 0.3 is 0 Å². The first-order valence-corrected chi connectivity index (χ1v) is 10.1. The molecule has 1 fully saturated rings. The summed E-state index contributed by atoms with van der Waals surface area (Å²) in [6.45, 7) is 9.96. The number of hydrogen-bond acceptors (Lipinski definition) is 4. The number of halogens is 1. The molecule has 2 rings (SSSR count). The maximum Gasteiger partial charge on any atom is 0.191 e. The number of nitrogens with one attached hydrogen (secondary N) is 2. The fourth-order valence-electron chi connectivity index (χ4n) is 3.12. The lowest BCUT2D eigenvalue weighted by molar-refractivity contribution is 0.252. The van der Waals surface area contributed by atoms with Gasteiger partial charge in [-0.2, -0.15) is 0 Å². The number of likely N-dealkylation sites (N-methyl/N-ethyl adjacent to an activating group) is 1. The first-order chi connectivity index (χ1) is 11.6. The Morgan fingerprint density at radius 3 is 2.60 bits per heavy atom. The molecule has 1 aromatic rings. The van der Waals surface area contributed by atoms with E-state index < -0.39 is 0 Å². The average molecular weight is 479 g/mol. The van der Waals surface area contributed by atoms with Gasteiger partial charge in [0.1, 0.15) is 0 Å². The van der Waals surface area contributed by atoms with Gasteiger partial charge in [0.25, 0.3) is 0 Å². The van der Waals surface area contributed by atoms with Crippen LogP contribution in [-0.4, -0.2) is 55.1 Å². The highest BCUT2D eigenvalue weighted by Crippen LogP contribution is 2.21. The zero-order valence-corrected chi connectivity index (χ0v) is 19.2. The van der Waals surface area contributed by atoms with E-state index in [-0.39, 0.29) is 24.0 Å². The number of aromatic nitrogens is 1. The van der Waals surface area contributed by atoms with Crippen LogP contribution >= 0.6 is 35.3 Å². The van der Waals surface area contributed by atoms with E-state index in [1.54, 1.807) is 11.3 Å². The summed E-state index contributed by atoms with van der Waals surface area (Å²) >= 11 is 1.80. The van der Waals surface area contributed by atoms with Crippen molar-refractivity contribution in [3.8, 4) is 0 Å². The van der Waals surface area contributed by atoms with Gasteiger partial charge in [-0.1, -0.05) is 12.8 Å². The number of aliphatic imine (C=N–C) groups is 1. The Labute approximate surface area is 174 Å². The number of aryl methyl sites for hydroxylation is 2. The van der Waals surface area contributed by atoms with Crippen LogP contribution in [0.3, 0.4) is 0 Å². The van der Waals surface area contributed by atoms with E-state index in [9.17, 15) is 0 Å². The van der Waals surface area contributed by atoms with Crippen molar-refractivity contribution in [2.45, 2.75) is 58.9 Å². The number of hydrogen-bond donors (Lipinski definition) is 2. The van der Waals surface area contributed by atoms with E-state index in [1.165, 1.54) is 35.6 Å². The largest absolute Gasteiger partial charge is 0.357 e. The summed E-state index contributed by atoms with van der Waals surface area (Å²) in [5, 5.41) is 7.96. The molecule has 0 saturated heterocycles. The molecule has 25 heavy (non-hydrogen) atoms. The van der Waals surface area contributed by atoms with Crippen molar-refractivity contribution in [3.63, 3.8) is 0 Å². The molecular weight excluding hydrogens is 445 g/mol. The van der Waals surface area contributed by atoms with Crippen molar-refractivity contribution in [2.24, 2.45) is 4.99 Å². The Morgan fingerprint density at radius 2 is 2.00 bits per heavy atom. The van der Waals surface area contributed by atoms with Gasteiger partial charge in [-0.3, -0.25) is 4.99 Å². The van der Waals surface area contributed by atoms with Crippen LogP contribution < -0.4 is 10.6 Å². The van der Waals surface area contributed by atoms with Crippen molar-refractivity contribution >= 4 is 41.3 Å². The molecule has 0 aromatic carbocycles. The maximum absolute atomic E-state index is 4.71. The normalized spacial score (nSPS) is 15.5. The van der Waals surface area contributed by atoms with Crippen molar-refractivity contribution in [1.29, 1.82) is 0 Å². The molecule has 1 aromatic heterocycles.